The van der Waals surface area contributed by atoms with Crippen LogP contribution in [0.25, 0.3) is 0 Å². The van der Waals surface area contributed by atoms with E-state index in [1.54, 1.807) is 19.1 Å². The molecule has 0 aliphatic carbocycles. The van der Waals surface area contributed by atoms with Crippen LogP contribution in [0, 0.1) is 6.92 Å². The molecule has 1 unspecified atom stereocenters. The smallest absolute Gasteiger partial charge is 0.258 e. The van der Waals surface area contributed by atoms with E-state index in [2.05, 4.69) is 22.4 Å². The number of carbonyl (C=O) groups is 2. The Kier molecular flexibility index (Phi) is 5.11. The monoisotopic (exact) mass is 342 g/mol. The fourth-order valence-electron chi connectivity index (χ4n) is 3.15. The first kappa shape index (κ1) is 17.1. The first-order chi connectivity index (χ1) is 12.1. The summed E-state index contributed by atoms with van der Waals surface area (Å²) >= 11 is 0. The molecular formula is C18H22N4O3. The average molecular weight is 342 g/mol. The van der Waals surface area contributed by atoms with E-state index < -0.39 is 0 Å². The topological polar surface area (TPSA) is 88.3 Å². The molecule has 0 spiro atoms. The van der Waals surface area contributed by atoms with Crippen molar-refractivity contribution in [2.75, 3.05) is 11.9 Å². The van der Waals surface area contributed by atoms with Crippen LogP contribution < -0.4 is 5.32 Å². The molecule has 7 nitrogen and oxygen atoms in total. The van der Waals surface area contributed by atoms with Crippen LogP contribution in [0.5, 0.6) is 0 Å². The van der Waals surface area contributed by atoms with Crippen LogP contribution in [-0.2, 0) is 0 Å². The average Bonchev–Trinajstić information content (AvgIpc) is 3.05. The predicted molar refractivity (Wildman–Crippen MR) is 92.4 cm³/mol. The largest absolute Gasteiger partial charge is 0.360 e. The lowest BCUT2D eigenvalue weighted by Crippen LogP contribution is -2.43. The summed E-state index contributed by atoms with van der Waals surface area (Å²) in [6, 6.07) is 3.47. The Hall–Kier alpha value is -2.70. The Balaban J connectivity index is 1.76. The number of hydrogen-bond donors (Lipinski definition) is 1. The highest BCUT2D eigenvalue weighted by Crippen LogP contribution is 2.22. The Morgan fingerprint density at radius 2 is 2.08 bits per heavy atom. The molecule has 7 heteroatoms. The Bertz CT molecular complexity index is 771. The van der Waals surface area contributed by atoms with Crippen LogP contribution in [0.2, 0.25) is 0 Å². The summed E-state index contributed by atoms with van der Waals surface area (Å²) in [5.41, 5.74) is 0.751. The van der Waals surface area contributed by atoms with E-state index in [1.165, 1.54) is 12.4 Å². The molecule has 2 aromatic rings. The number of aryl methyl sites for hydroxylation is 1. The maximum absolute atomic E-state index is 12.8. The summed E-state index contributed by atoms with van der Waals surface area (Å²) in [7, 11) is 0. The molecule has 132 valence electrons. The van der Waals surface area contributed by atoms with E-state index in [1.807, 2.05) is 4.90 Å². The molecule has 2 amide bonds. The number of pyridine rings is 1. The second-order valence-corrected chi connectivity index (χ2v) is 6.30. The lowest BCUT2D eigenvalue weighted by Gasteiger charge is -2.35. The van der Waals surface area contributed by atoms with Crippen molar-refractivity contribution < 1.29 is 14.1 Å². The van der Waals surface area contributed by atoms with Gasteiger partial charge in [0.15, 0.2) is 5.82 Å². The minimum absolute atomic E-state index is 0.0639. The van der Waals surface area contributed by atoms with Gasteiger partial charge in [0, 0.05) is 31.0 Å². The van der Waals surface area contributed by atoms with Gasteiger partial charge < -0.3 is 14.7 Å². The van der Waals surface area contributed by atoms with Crippen molar-refractivity contribution in [3.8, 4) is 0 Å². The van der Waals surface area contributed by atoms with Gasteiger partial charge in [0.05, 0.1) is 11.1 Å². The zero-order valence-corrected chi connectivity index (χ0v) is 14.5. The van der Waals surface area contributed by atoms with Gasteiger partial charge in [-0.1, -0.05) is 12.1 Å². The molecule has 0 radical (unpaired) electrons. The molecule has 1 saturated heterocycles. The Morgan fingerprint density at radius 3 is 2.80 bits per heavy atom. The Morgan fingerprint density at radius 1 is 1.28 bits per heavy atom. The normalized spacial score (nSPS) is 17.4. The van der Waals surface area contributed by atoms with Gasteiger partial charge in [0.1, 0.15) is 5.76 Å². The number of amides is 2. The fraction of sp³-hybridized carbons (Fsp3) is 0.444. The van der Waals surface area contributed by atoms with Gasteiger partial charge in [-0.2, -0.15) is 0 Å². The minimum Gasteiger partial charge on any atom is -0.360 e. The molecule has 1 atom stereocenters. The van der Waals surface area contributed by atoms with Gasteiger partial charge >= 0.3 is 0 Å². The zero-order valence-electron chi connectivity index (χ0n) is 14.5. The van der Waals surface area contributed by atoms with Crippen molar-refractivity contribution in [1.82, 2.24) is 15.0 Å². The van der Waals surface area contributed by atoms with Crippen molar-refractivity contribution in [2.24, 2.45) is 0 Å². The molecular weight excluding hydrogens is 320 g/mol. The summed E-state index contributed by atoms with van der Waals surface area (Å²) in [6.45, 7) is 4.59. The zero-order chi connectivity index (χ0) is 17.8. The molecule has 0 bridgehead atoms. The SMILES string of the molecule is CCC1CCCCN1C(=O)c1cncc(C(=O)Nc2cc(C)on2)c1. The van der Waals surface area contributed by atoms with Gasteiger partial charge in [0.2, 0.25) is 0 Å². The number of likely N-dealkylation sites (tertiary alicyclic amines) is 1. The predicted octanol–water partition coefficient (Wildman–Crippen LogP) is 3.04. The molecule has 3 rings (SSSR count). The summed E-state index contributed by atoms with van der Waals surface area (Å²) in [4.78, 5) is 31.1. The minimum atomic E-state index is -0.374. The van der Waals surface area contributed by atoms with Crippen molar-refractivity contribution in [2.45, 2.75) is 45.6 Å². The third kappa shape index (κ3) is 3.87. The molecule has 25 heavy (non-hydrogen) atoms. The van der Waals surface area contributed by atoms with E-state index in [0.29, 0.717) is 22.7 Å². The number of carbonyl (C=O) groups excluding carboxylic acids is 2. The molecule has 3 heterocycles. The summed E-state index contributed by atoms with van der Waals surface area (Å²) in [5.74, 6) is 0.501. The van der Waals surface area contributed by atoms with Crippen molar-refractivity contribution in [1.29, 1.82) is 0 Å². The van der Waals surface area contributed by atoms with Crippen molar-refractivity contribution in [3.63, 3.8) is 0 Å². The number of nitrogens with zero attached hydrogens (tertiary/aromatic N) is 3. The van der Waals surface area contributed by atoms with Crippen LogP contribution in [0.4, 0.5) is 5.82 Å². The second kappa shape index (κ2) is 7.46. The van der Waals surface area contributed by atoms with Gasteiger partial charge in [-0.3, -0.25) is 14.6 Å². The Labute approximate surface area is 146 Å². The van der Waals surface area contributed by atoms with Crippen molar-refractivity contribution >= 4 is 17.6 Å². The number of nitrogens with one attached hydrogen (secondary N) is 1. The third-order valence-corrected chi connectivity index (χ3v) is 4.48. The molecule has 1 N–H and O–H groups in total. The van der Waals surface area contributed by atoms with Gasteiger partial charge in [-0.05, 0) is 38.7 Å². The molecule has 1 fully saturated rings. The first-order valence-electron chi connectivity index (χ1n) is 8.59. The maximum atomic E-state index is 12.8. The van der Waals surface area contributed by atoms with Crippen LogP contribution >= 0.6 is 0 Å². The highest BCUT2D eigenvalue weighted by Gasteiger charge is 2.26. The summed E-state index contributed by atoms with van der Waals surface area (Å²) in [6.07, 6.45) is 7.08. The number of hydrogen-bond acceptors (Lipinski definition) is 5. The third-order valence-electron chi connectivity index (χ3n) is 4.48. The first-order valence-corrected chi connectivity index (χ1v) is 8.59. The standard InChI is InChI=1S/C18H22N4O3/c1-3-15-6-4-5-7-22(15)18(24)14-9-13(10-19-11-14)17(23)20-16-8-12(2)25-21-16/h8-11,15H,3-7H2,1-2H3,(H,20,21,23). The van der Waals surface area contributed by atoms with E-state index in [0.717, 1.165) is 32.2 Å². The number of piperidine rings is 1. The van der Waals surface area contributed by atoms with E-state index >= 15 is 0 Å². The van der Waals surface area contributed by atoms with Crippen LogP contribution in [0.15, 0.2) is 29.0 Å². The summed E-state index contributed by atoms with van der Waals surface area (Å²) < 4.78 is 4.93. The number of rotatable bonds is 4. The molecule has 2 aromatic heterocycles. The highest BCUT2D eigenvalue weighted by molar-refractivity contribution is 6.05. The van der Waals surface area contributed by atoms with Crippen LogP contribution in [0.1, 0.15) is 59.1 Å². The van der Waals surface area contributed by atoms with Gasteiger partial charge in [-0.15, -0.1) is 0 Å². The van der Waals surface area contributed by atoms with Crippen molar-refractivity contribution in [3.05, 3.63) is 41.4 Å². The maximum Gasteiger partial charge on any atom is 0.258 e. The van der Waals surface area contributed by atoms with Crippen LogP contribution in [-0.4, -0.2) is 39.4 Å². The fourth-order valence-corrected chi connectivity index (χ4v) is 3.15. The lowest BCUT2D eigenvalue weighted by molar-refractivity contribution is 0.0607. The van der Waals surface area contributed by atoms with Gasteiger partial charge in [0.25, 0.3) is 11.8 Å². The lowest BCUT2D eigenvalue weighted by atomic mass is 9.99. The van der Waals surface area contributed by atoms with E-state index in [-0.39, 0.29) is 17.9 Å². The second-order valence-electron chi connectivity index (χ2n) is 6.30. The highest BCUT2D eigenvalue weighted by atomic mass is 16.5. The van der Waals surface area contributed by atoms with Crippen LogP contribution in [0.3, 0.4) is 0 Å². The van der Waals surface area contributed by atoms with E-state index in [4.69, 9.17) is 4.52 Å². The quantitative estimate of drug-likeness (QED) is 0.922. The molecule has 1 aliphatic heterocycles. The van der Waals surface area contributed by atoms with E-state index in [9.17, 15) is 9.59 Å². The molecule has 0 aromatic carbocycles. The molecule has 1 aliphatic rings. The van der Waals surface area contributed by atoms with Gasteiger partial charge in [-0.25, -0.2) is 0 Å². The summed E-state index contributed by atoms with van der Waals surface area (Å²) in [5, 5.41) is 6.37. The molecule has 0 saturated carbocycles. The number of anilines is 1. The number of aromatic nitrogens is 2.